The maximum Gasteiger partial charge on any atom is 0.267 e. The molecule has 1 aliphatic heterocycles. The van der Waals surface area contributed by atoms with Gasteiger partial charge in [-0.15, -0.1) is 0 Å². The fraction of sp³-hybridized carbons (Fsp3) is 0.500. The summed E-state index contributed by atoms with van der Waals surface area (Å²) in [6, 6.07) is 5.26. The highest BCUT2D eigenvalue weighted by Crippen LogP contribution is 2.31. The summed E-state index contributed by atoms with van der Waals surface area (Å²) in [5.41, 5.74) is 5.52. The van der Waals surface area contributed by atoms with Crippen molar-refractivity contribution in [2.24, 2.45) is 11.7 Å². The van der Waals surface area contributed by atoms with Gasteiger partial charge in [0.05, 0.1) is 0 Å². The predicted molar refractivity (Wildman–Crippen MR) is 74.3 cm³/mol. The lowest BCUT2D eigenvalue weighted by Crippen LogP contribution is -2.49. The molecule has 20 heavy (non-hydrogen) atoms. The third-order valence-corrected chi connectivity index (χ3v) is 3.83. The molecule has 1 aromatic rings. The lowest BCUT2D eigenvalue weighted by molar-refractivity contribution is -0.132. The highest BCUT2D eigenvalue weighted by molar-refractivity contribution is 5.91. The number of pyridine rings is 1. The van der Waals surface area contributed by atoms with Crippen LogP contribution in [-0.2, 0) is 4.79 Å². The number of nitrogens with two attached hydrogens (primary N) is 1. The summed E-state index contributed by atoms with van der Waals surface area (Å²) >= 11 is 0. The summed E-state index contributed by atoms with van der Waals surface area (Å²) in [5, 5.41) is 0. The Morgan fingerprint density at radius 3 is 2.45 bits per heavy atom. The van der Waals surface area contributed by atoms with Crippen LogP contribution in [0.1, 0.15) is 23.3 Å². The van der Waals surface area contributed by atoms with Crippen molar-refractivity contribution >= 4 is 17.6 Å². The summed E-state index contributed by atoms with van der Waals surface area (Å²) in [4.78, 5) is 31.4. The first-order valence-corrected chi connectivity index (χ1v) is 6.96. The van der Waals surface area contributed by atoms with Crippen LogP contribution in [0, 0.1) is 5.92 Å². The molecule has 1 saturated heterocycles. The second kappa shape index (κ2) is 5.11. The molecule has 0 aromatic carbocycles. The number of aromatic nitrogens is 1. The van der Waals surface area contributed by atoms with Gasteiger partial charge in [-0.1, -0.05) is 6.07 Å². The van der Waals surface area contributed by atoms with E-state index < -0.39 is 5.91 Å². The molecule has 0 spiro atoms. The van der Waals surface area contributed by atoms with Crippen LogP contribution in [0.4, 0.5) is 5.82 Å². The molecule has 2 N–H and O–H groups in total. The van der Waals surface area contributed by atoms with Crippen LogP contribution in [0.25, 0.3) is 0 Å². The van der Waals surface area contributed by atoms with E-state index in [1.54, 1.807) is 12.1 Å². The molecule has 106 valence electrons. The van der Waals surface area contributed by atoms with E-state index in [0.29, 0.717) is 5.91 Å². The molecule has 1 aromatic heterocycles. The Bertz CT molecular complexity index is 534. The molecule has 1 saturated carbocycles. The van der Waals surface area contributed by atoms with E-state index >= 15 is 0 Å². The quantitative estimate of drug-likeness (QED) is 0.856. The molecule has 0 atom stereocenters. The molecule has 1 aliphatic carbocycles. The zero-order valence-electron chi connectivity index (χ0n) is 11.3. The summed E-state index contributed by atoms with van der Waals surface area (Å²) in [5.74, 6) is 0.801. The van der Waals surface area contributed by atoms with Gasteiger partial charge in [-0.05, 0) is 25.0 Å². The van der Waals surface area contributed by atoms with E-state index in [4.69, 9.17) is 5.73 Å². The van der Waals surface area contributed by atoms with Gasteiger partial charge in [0, 0.05) is 32.1 Å². The van der Waals surface area contributed by atoms with Crippen LogP contribution in [0.5, 0.6) is 0 Å². The van der Waals surface area contributed by atoms with Crippen LogP contribution in [0.3, 0.4) is 0 Å². The molecule has 6 heteroatoms. The summed E-state index contributed by atoms with van der Waals surface area (Å²) in [7, 11) is 0. The fourth-order valence-corrected chi connectivity index (χ4v) is 2.48. The number of amides is 2. The van der Waals surface area contributed by atoms with Crippen LogP contribution in [0.15, 0.2) is 18.2 Å². The Labute approximate surface area is 117 Å². The Kier molecular flexibility index (Phi) is 3.30. The number of hydrogen-bond donors (Lipinski definition) is 1. The van der Waals surface area contributed by atoms with Gasteiger partial charge in [0.15, 0.2) is 0 Å². The first-order valence-electron chi connectivity index (χ1n) is 6.96. The monoisotopic (exact) mass is 274 g/mol. The number of carbonyl (C=O) groups is 2. The lowest BCUT2D eigenvalue weighted by Gasteiger charge is -2.35. The van der Waals surface area contributed by atoms with Gasteiger partial charge in [-0.3, -0.25) is 9.59 Å². The molecule has 0 radical (unpaired) electrons. The van der Waals surface area contributed by atoms with Gasteiger partial charge in [0.2, 0.25) is 5.91 Å². The maximum atomic E-state index is 12.0. The van der Waals surface area contributed by atoms with Gasteiger partial charge >= 0.3 is 0 Å². The average Bonchev–Trinajstić information content (AvgIpc) is 3.31. The normalized spacial score (nSPS) is 19.0. The minimum Gasteiger partial charge on any atom is -0.364 e. The molecule has 2 fully saturated rings. The van der Waals surface area contributed by atoms with Crippen molar-refractivity contribution in [1.82, 2.24) is 9.88 Å². The smallest absolute Gasteiger partial charge is 0.267 e. The molecule has 2 amide bonds. The minimum atomic E-state index is -0.519. The SMILES string of the molecule is NC(=O)c1cccc(N2CCN(C(=O)C3CC3)CC2)n1. The Morgan fingerprint density at radius 2 is 1.85 bits per heavy atom. The van der Waals surface area contributed by atoms with Gasteiger partial charge in [-0.25, -0.2) is 4.98 Å². The topological polar surface area (TPSA) is 79.5 Å². The first kappa shape index (κ1) is 12.9. The molecule has 3 rings (SSSR count). The highest BCUT2D eigenvalue weighted by atomic mass is 16.2. The number of rotatable bonds is 3. The first-order chi connectivity index (χ1) is 9.65. The van der Waals surface area contributed by atoms with Crippen molar-refractivity contribution in [3.05, 3.63) is 23.9 Å². The maximum absolute atomic E-state index is 12.0. The number of anilines is 1. The van der Waals surface area contributed by atoms with Crippen molar-refractivity contribution in [1.29, 1.82) is 0 Å². The molecule has 2 heterocycles. The molecule has 6 nitrogen and oxygen atoms in total. The molecule has 2 aliphatic rings. The fourth-order valence-electron chi connectivity index (χ4n) is 2.48. The Morgan fingerprint density at radius 1 is 1.15 bits per heavy atom. The minimum absolute atomic E-state index is 0.276. The lowest BCUT2D eigenvalue weighted by atomic mass is 10.2. The zero-order valence-corrected chi connectivity index (χ0v) is 11.3. The summed E-state index contributed by atoms with van der Waals surface area (Å²) in [6.07, 6.45) is 2.09. The van der Waals surface area contributed by atoms with E-state index in [0.717, 1.165) is 44.8 Å². The van der Waals surface area contributed by atoms with Gasteiger partial charge < -0.3 is 15.5 Å². The number of primary amides is 1. The van der Waals surface area contributed by atoms with Gasteiger partial charge in [0.25, 0.3) is 5.91 Å². The van der Waals surface area contributed by atoms with Gasteiger partial charge in [0.1, 0.15) is 11.5 Å². The number of carbonyl (C=O) groups excluding carboxylic acids is 2. The van der Waals surface area contributed by atoms with E-state index in [2.05, 4.69) is 9.88 Å². The molecular weight excluding hydrogens is 256 g/mol. The molecule has 0 unspecified atom stereocenters. The van der Waals surface area contributed by atoms with Crippen LogP contribution in [0.2, 0.25) is 0 Å². The molecule has 0 bridgehead atoms. The van der Waals surface area contributed by atoms with Gasteiger partial charge in [-0.2, -0.15) is 0 Å². The standard InChI is InChI=1S/C14H18N4O2/c15-13(19)11-2-1-3-12(16-11)17-6-8-18(9-7-17)14(20)10-4-5-10/h1-3,10H,4-9H2,(H2,15,19). The second-order valence-electron chi connectivity index (χ2n) is 5.33. The summed E-state index contributed by atoms with van der Waals surface area (Å²) < 4.78 is 0. The molecular formula is C14H18N4O2. The van der Waals surface area contributed by atoms with Crippen molar-refractivity contribution in [3.8, 4) is 0 Å². The van der Waals surface area contributed by atoms with Crippen molar-refractivity contribution in [2.75, 3.05) is 31.1 Å². The van der Waals surface area contributed by atoms with E-state index in [-0.39, 0.29) is 11.6 Å². The number of hydrogen-bond acceptors (Lipinski definition) is 4. The third-order valence-electron chi connectivity index (χ3n) is 3.83. The zero-order chi connectivity index (χ0) is 14.1. The van der Waals surface area contributed by atoms with E-state index in [1.165, 1.54) is 0 Å². The van der Waals surface area contributed by atoms with Crippen molar-refractivity contribution in [2.45, 2.75) is 12.8 Å². The van der Waals surface area contributed by atoms with E-state index in [9.17, 15) is 9.59 Å². The Hall–Kier alpha value is -2.11. The predicted octanol–water partition coefficient (Wildman–Crippen LogP) is 0.239. The highest BCUT2D eigenvalue weighted by Gasteiger charge is 2.34. The largest absolute Gasteiger partial charge is 0.364 e. The third kappa shape index (κ3) is 2.59. The van der Waals surface area contributed by atoms with Crippen molar-refractivity contribution < 1.29 is 9.59 Å². The van der Waals surface area contributed by atoms with Crippen molar-refractivity contribution in [3.63, 3.8) is 0 Å². The Balaban J connectivity index is 1.64. The second-order valence-corrected chi connectivity index (χ2v) is 5.33. The van der Waals surface area contributed by atoms with E-state index in [1.807, 2.05) is 11.0 Å². The van der Waals surface area contributed by atoms with Crippen LogP contribution in [-0.4, -0.2) is 47.9 Å². The average molecular weight is 274 g/mol. The van der Waals surface area contributed by atoms with Crippen LogP contribution < -0.4 is 10.6 Å². The summed E-state index contributed by atoms with van der Waals surface area (Å²) in [6.45, 7) is 2.93. The number of nitrogens with zero attached hydrogens (tertiary/aromatic N) is 3. The van der Waals surface area contributed by atoms with Crippen LogP contribution >= 0.6 is 0 Å². The number of piperazine rings is 1.